The number of benzene rings is 3. The van der Waals surface area contributed by atoms with Crippen molar-refractivity contribution in [3.05, 3.63) is 95.0 Å². The highest BCUT2D eigenvalue weighted by Crippen LogP contribution is 2.30. The highest BCUT2D eigenvalue weighted by molar-refractivity contribution is 6.31. The molecule has 1 unspecified atom stereocenters. The summed E-state index contributed by atoms with van der Waals surface area (Å²) in [7, 11) is 0. The Bertz CT molecular complexity index is 1070. The number of rotatable bonds is 6. The van der Waals surface area contributed by atoms with Gasteiger partial charge in [-0.2, -0.15) is 0 Å². The van der Waals surface area contributed by atoms with E-state index in [1.54, 1.807) is 12.1 Å². The first kappa shape index (κ1) is 18.5. The van der Waals surface area contributed by atoms with Gasteiger partial charge < -0.3 is 9.30 Å². The molecule has 0 aliphatic rings. The van der Waals surface area contributed by atoms with Crippen molar-refractivity contribution in [3.8, 4) is 5.75 Å². The van der Waals surface area contributed by atoms with Gasteiger partial charge in [0.1, 0.15) is 11.6 Å². The maximum absolute atomic E-state index is 14.5. The maximum Gasteiger partial charge on any atom is 0.156 e. The quantitative estimate of drug-likeness (QED) is 0.378. The molecule has 1 atom stereocenters. The second-order valence-electron chi connectivity index (χ2n) is 6.57. The number of hydrogen-bond donors (Lipinski definition) is 0. The average Bonchev–Trinajstić information content (AvgIpc) is 3.08. The summed E-state index contributed by atoms with van der Waals surface area (Å²) in [6, 6.07) is 22.2. The normalized spacial score (nSPS) is 12.2. The van der Waals surface area contributed by atoms with Gasteiger partial charge in [0, 0.05) is 10.6 Å². The molecule has 1 aromatic heterocycles. The Morgan fingerprint density at radius 1 is 1.00 bits per heavy atom. The summed E-state index contributed by atoms with van der Waals surface area (Å²) in [5, 5.41) is 0.403. The molecule has 0 aliphatic heterocycles. The zero-order valence-corrected chi connectivity index (χ0v) is 16.2. The molecule has 0 N–H and O–H groups in total. The van der Waals surface area contributed by atoms with Crippen molar-refractivity contribution in [2.24, 2.45) is 0 Å². The molecule has 0 bridgehead atoms. The fraction of sp³-hybridized carbons (Fsp3) is 0.174. The van der Waals surface area contributed by atoms with E-state index < -0.39 is 0 Å². The van der Waals surface area contributed by atoms with Crippen molar-refractivity contribution in [1.82, 2.24) is 9.55 Å². The van der Waals surface area contributed by atoms with Gasteiger partial charge in [-0.05, 0) is 42.8 Å². The first-order chi connectivity index (χ1) is 13.7. The Balaban J connectivity index is 1.80. The van der Waals surface area contributed by atoms with Crippen LogP contribution in [-0.2, 0) is 6.54 Å². The molecule has 0 aliphatic carbocycles. The fourth-order valence-electron chi connectivity index (χ4n) is 3.33. The number of halogens is 2. The van der Waals surface area contributed by atoms with Gasteiger partial charge in [-0.3, -0.25) is 0 Å². The standard InChI is InChI=1S/C23H20ClFN2O/c1-2-22(28-16-9-4-3-5-10-16)23-26-20-13-6-7-14-21(20)27(23)15-17-18(24)11-8-12-19(17)25/h3-14,22H,2,15H2,1H3. The zero-order chi connectivity index (χ0) is 19.5. The molecule has 3 aromatic carbocycles. The predicted octanol–water partition coefficient (Wildman–Crippen LogP) is 6.41. The van der Waals surface area contributed by atoms with Crippen molar-refractivity contribution in [2.75, 3.05) is 0 Å². The SMILES string of the molecule is CCC(Oc1ccccc1)c1nc2ccccc2n1Cc1c(F)cccc1Cl. The monoisotopic (exact) mass is 394 g/mol. The summed E-state index contributed by atoms with van der Waals surface area (Å²) in [5.74, 6) is 1.21. The lowest BCUT2D eigenvalue weighted by atomic mass is 10.2. The van der Waals surface area contributed by atoms with Crippen LogP contribution in [0.2, 0.25) is 5.02 Å². The van der Waals surface area contributed by atoms with E-state index in [0.717, 1.165) is 29.0 Å². The van der Waals surface area contributed by atoms with Gasteiger partial charge in [0.2, 0.25) is 0 Å². The molecule has 0 spiro atoms. The van der Waals surface area contributed by atoms with Crippen LogP contribution < -0.4 is 4.74 Å². The van der Waals surface area contributed by atoms with E-state index in [0.29, 0.717) is 10.6 Å². The van der Waals surface area contributed by atoms with Crippen molar-refractivity contribution in [1.29, 1.82) is 0 Å². The van der Waals surface area contributed by atoms with Crippen LogP contribution in [0.15, 0.2) is 72.8 Å². The van der Waals surface area contributed by atoms with Crippen LogP contribution in [0.5, 0.6) is 5.75 Å². The summed E-state index contributed by atoms with van der Waals surface area (Å²) in [6.45, 7) is 2.34. The molecule has 4 aromatic rings. The van der Waals surface area contributed by atoms with E-state index in [1.165, 1.54) is 6.07 Å². The van der Waals surface area contributed by atoms with Gasteiger partial charge in [-0.15, -0.1) is 0 Å². The minimum Gasteiger partial charge on any atom is -0.483 e. The smallest absolute Gasteiger partial charge is 0.156 e. The number of aromatic nitrogens is 2. The Kier molecular flexibility index (Phi) is 5.31. The second kappa shape index (κ2) is 8.03. The number of imidazole rings is 1. The lowest BCUT2D eigenvalue weighted by Crippen LogP contribution is -2.15. The van der Waals surface area contributed by atoms with Crippen molar-refractivity contribution < 1.29 is 9.13 Å². The first-order valence-corrected chi connectivity index (χ1v) is 9.65. The molecule has 3 nitrogen and oxygen atoms in total. The predicted molar refractivity (Wildman–Crippen MR) is 110 cm³/mol. The Labute approximate surface area is 168 Å². The van der Waals surface area contributed by atoms with Crippen LogP contribution in [0.1, 0.15) is 30.8 Å². The van der Waals surface area contributed by atoms with Gasteiger partial charge >= 0.3 is 0 Å². The van der Waals surface area contributed by atoms with E-state index in [-0.39, 0.29) is 18.5 Å². The molecule has 0 fully saturated rings. The Morgan fingerprint density at radius 3 is 2.50 bits per heavy atom. The number of para-hydroxylation sites is 3. The number of nitrogens with zero attached hydrogens (tertiary/aromatic N) is 2. The number of ether oxygens (including phenoxy) is 1. The Hall–Kier alpha value is -2.85. The van der Waals surface area contributed by atoms with Crippen molar-refractivity contribution in [2.45, 2.75) is 26.0 Å². The van der Waals surface area contributed by atoms with Crippen LogP contribution in [0.3, 0.4) is 0 Å². The van der Waals surface area contributed by atoms with Crippen LogP contribution in [0, 0.1) is 5.82 Å². The minimum absolute atomic E-state index is 0.264. The largest absolute Gasteiger partial charge is 0.483 e. The third-order valence-electron chi connectivity index (χ3n) is 4.74. The average molecular weight is 395 g/mol. The molecular weight excluding hydrogens is 375 g/mol. The molecular formula is C23H20ClFN2O. The molecule has 142 valence electrons. The van der Waals surface area contributed by atoms with Crippen LogP contribution in [-0.4, -0.2) is 9.55 Å². The van der Waals surface area contributed by atoms with Crippen LogP contribution in [0.4, 0.5) is 4.39 Å². The number of fused-ring (bicyclic) bond motifs is 1. The highest BCUT2D eigenvalue weighted by atomic mass is 35.5. The van der Waals surface area contributed by atoms with Gasteiger partial charge in [0.15, 0.2) is 11.9 Å². The first-order valence-electron chi connectivity index (χ1n) is 9.27. The molecule has 28 heavy (non-hydrogen) atoms. The third-order valence-corrected chi connectivity index (χ3v) is 5.10. The summed E-state index contributed by atoms with van der Waals surface area (Å²) >= 11 is 6.29. The van der Waals surface area contributed by atoms with Crippen molar-refractivity contribution >= 4 is 22.6 Å². The van der Waals surface area contributed by atoms with Crippen LogP contribution in [0.25, 0.3) is 11.0 Å². The van der Waals surface area contributed by atoms with E-state index in [4.69, 9.17) is 21.3 Å². The molecule has 1 heterocycles. The lowest BCUT2D eigenvalue weighted by Gasteiger charge is -2.19. The highest BCUT2D eigenvalue weighted by Gasteiger charge is 2.22. The maximum atomic E-state index is 14.5. The third kappa shape index (κ3) is 3.60. The van der Waals surface area contributed by atoms with Crippen LogP contribution >= 0.6 is 11.6 Å². The lowest BCUT2D eigenvalue weighted by molar-refractivity contribution is 0.187. The number of hydrogen-bond acceptors (Lipinski definition) is 2. The van der Waals surface area contributed by atoms with Crippen molar-refractivity contribution in [3.63, 3.8) is 0 Å². The minimum atomic E-state index is -0.326. The van der Waals surface area contributed by atoms with Gasteiger partial charge in [-0.25, -0.2) is 9.37 Å². The molecule has 0 radical (unpaired) electrons. The summed E-state index contributed by atoms with van der Waals surface area (Å²) in [5.41, 5.74) is 2.22. The summed E-state index contributed by atoms with van der Waals surface area (Å²) < 4.78 is 22.7. The van der Waals surface area contributed by atoms with E-state index in [1.807, 2.05) is 66.1 Å². The zero-order valence-electron chi connectivity index (χ0n) is 15.5. The summed E-state index contributed by atoms with van der Waals surface area (Å²) in [6.07, 6.45) is 0.462. The molecule has 0 saturated heterocycles. The van der Waals surface area contributed by atoms with E-state index in [9.17, 15) is 4.39 Å². The van der Waals surface area contributed by atoms with Gasteiger partial charge in [-0.1, -0.05) is 54.9 Å². The van der Waals surface area contributed by atoms with Gasteiger partial charge in [0.25, 0.3) is 0 Å². The molecule has 0 saturated carbocycles. The molecule has 0 amide bonds. The second-order valence-corrected chi connectivity index (χ2v) is 6.98. The van der Waals surface area contributed by atoms with E-state index in [2.05, 4.69) is 0 Å². The molecule has 5 heteroatoms. The van der Waals surface area contributed by atoms with E-state index >= 15 is 0 Å². The Morgan fingerprint density at radius 2 is 1.75 bits per heavy atom. The van der Waals surface area contributed by atoms with Gasteiger partial charge in [0.05, 0.1) is 17.6 Å². The summed E-state index contributed by atoms with van der Waals surface area (Å²) in [4.78, 5) is 4.81. The fourth-order valence-corrected chi connectivity index (χ4v) is 3.55. The molecule has 4 rings (SSSR count). The topological polar surface area (TPSA) is 27.1 Å².